The first-order chi connectivity index (χ1) is 7.11. The van der Waals surface area contributed by atoms with Crippen molar-refractivity contribution in [1.29, 1.82) is 0 Å². The Balaban J connectivity index is 2.27. The average molecular weight is 208 g/mol. The Morgan fingerprint density at radius 1 is 1.07 bits per heavy atom. The molecule has 2 aliphatic carbocycles. The number of fused-ring (bicyclic) bond motifs is 2. The van der Waals surface area contributed by atoms with Gasteiger partial charge >= 0.3 is 0 Å². The molecule has 0 aliphatic heterocycles. The van der Waals surface area contributed by atoms with Gasteiger partial charge in [0.25, 0.3) is 0 Å². The molecule has 0 saturated heterocycles. The van der Waals surface area contributed by atoms with Gasteiger partial charge in [0, 0.05) is 0 Å². The number of rotatable bonds is 1. The zero-order valence-electron chi connectivity index (χ0n) is 10.2. The number of hydrogen-bond acceptors (Lipinski definition) is 1. The van der Waals surface area contributed by atoms with E-state index in [1.807, 2.05) is 0 Å². The smallest absolute Gasteiger partial charge is 0.0685 e. The van der Waals surface area contributed by atoms with Gasteiger partial charge in [0.2, 0.25) is 0 Å². The molecule has 1 fully saturated rings. The molecule has 0 spiro atoms. The topological polar surface area (TPSA) is 20.2 Å². The Morgan fingerprint density at radius 3 is 2.53 bits per heavy atom. The summed E-state index contributed by atoms with van der Waals surface area (Å²) in [5, 5.41) is 10.5. The summed E-state index contributed by atoms with van der Waals surface area (Å²) in [6.07, 6.45) is 9.24. The molecule has 0 aromatic heterocycles. The molecule has 0 radical (unpaired) electrons. The van der Waals surface area contributed by atoms with Crippen LogP contribution in [0.15, 0.2) is 11.1 Å². The van der Waals surface area contributed by atoms with Crippen molar-refractivity contribution in [1.82, 2.24) is 0 Å². The summed E-state index contributed by atoms with van der Waals surface area (Å²) in [6, 6.07) is 0. The fourth-order valence-electron chi connectivity index (χ4n) is 3.34. The zero-order chi connectivity index (χ0) is 10.9. The third kappa shape index (κ3) is 2.44. The summed E-state index contributed by atoms with van der Waals surface area (Å²) in [5.74, 6) is 0.681. The highest BCUT2D eigenvalue weighted by atomic mass is 16.3. The summed E-state index contributed by atoms with van der Waals surface area (Å²) >= 11 is 0. The Labute approximate surface area is 93.6 Å². The first-order valence-corrected chi connectivity index (χ1v) is 6.54. The van der Waals surface area contributed by atoms with E-state index >= 15 is 0 Å². The highest BCUT2D eigenvalue weighted by molar-refractivity contribution is 5.21. The van der Waals surface area contributed by atoms with E-state index in [4.69, 9.17) is 0 Å². The van der Waals surface area contributed by atoms with Crippen molar-refractivity contribution >= 4 is 0 Å². The van der Waals surface area contributed by atoms with Gasteiger partial charge in [-0.25, -0.2) is 0 Å². The lowest BCUT2D eigenvalue weighted by Crippen LogP contribution is -2.33. The lowest BCUT2D eigenvalue weighted by Gasteiger charge is -2.37. The standard InChI is InChI=1S/C14H24O/c1-11(2)13-7-3-4-8-14(15)9-5-6-12(13)10-14/h11,15H,3-10H2,1-2H3/b13-12-. The molecule has 15 heavy (non-hydrogen) atoms. The molecule has 1 unspecified atom stereocenters. The number of hydrogen-bond donors (Lipinski definition) is 1. The van der Waals surface area contributed by atoms with Gasteiger partial charge in [-0.1, -0.05) is 31.4 Å². The van der Waals surface area contributed by atoms with E-state index in [0.29, 0.717) is 5.92 Å². The van der Waals surface area contributed by atoms with Crippen molar-refractivity contribution in [3.63, 3.8) is 0 Å². The monoisotopic (exact) mass is 208 g/mol. The van der Waals surface area contributed by atoms with Crippen molar-refractivity contribution in [3.05, 3.63) is 11.1 Å². The van der Waals surface area contributed by atoms with E-state index in [-0.39, 0.29) is 5.60 Å². The van der Waals surface area contributed by atoms with Gasteiger partial charge < -0.3 is 5.11 Å². The van der Waals surface area contributed by atoms with Crippen LogP contribution in [0.25, 0.3) is 0 Å². The molecule has 1 nitrogen and oxygen atoms in total. The Hall–Kier alpha value is -0.300. The molecule has 1 heteroatoms. The molecule has 0 amide bonds. The molecule has 2 bridgehead atoms. The van der Waals surface area contributed by atoms with Crippen molar-refractivity contribution in [3.8, 4) is 0 Å². The van der Waals surface area contributed by atoms with Gasteiger partial charge in [-0.3, -0.25) is 0 Å². The van der Waals surface area contributed by atoms with Crippen LogP contribution in [0, 0.1) is 5.92 Å². The Bertz CT molecular complexity index is 265. The SMILES string of the molecule is CC(C)/C1=C2/CCCC(O)(CCCC1)C2. The van der Waals surface area contributed by atoms with Crippen molar-refractivity contribution < 1.29 is 5.11 Å². The fraction of sp³-hybridized carbons (Fsp3) is 0.857. The van der Waals surface area contributed by atoms with Gasteiger partial charge in [-0.2, -0.15) is 0 Å². The fourth-order valence-corrected chi connectivity index (χ4v) is 3.34. The highest BCUT2D eigenvalue weighted by Crippen LogP contribution is 2.41. The molecule has 1 saturated carbocycles. The molecular formula is C14H24O. The third-order valence-electron chi connectivity index (χ3n) is 4.15. The molecule has 2 rings (SSSR count). The van der Waals surface area contributed by atoms with Crippen molar-refractivity contribution in [2.24, 2.45) is 5.92 Å². The van der Waals surface area contributed by atoms with E-state index in [2.05, 4.69) is 13.8 Å². The van der Waals surface area contributed by atoms with E-state index in [9.17, 15) is 5.11 Å². The zero-order valence-corrected chi connectivity index (χ0v) is 10.2. The van der Waals surface area contributed by atoms with Crippen LogP contribution in [-0.4, -0.2) is 10.7 Å². The van der Waals surface area contributed by atoms with Crippen molar-refractivity contribution in [2.45, 2.75) is 70.8 Å². The average Bonchev–Trinajstić information content (AvgIpc) is 2.15. The summed E-state index contributed by atoms with van der Waals surface area (Å²) in [6.45, 7) is 4.61. The second-order valence-corrected chi connectivity index (χ2v) is 5.75. The maximum atomic E-state index is 10.5. The summed E-state index contributed by atoms with van der Waals surface area (Å²) in [7, 11) is 0. The molecule has 0 aromatic carbocycles. The van der Waals surface area contributed by atoms with Gasteiger partial charge in [-0.05, 0) is 50.9 Å². The molecule has 0 aromatic rings. The number of aliphatic hydroxyl groups is 1. The van der Waals surface area contributed by atoms with Crippen LogP contribution in [0.1, 0.15) is 65.2 Å². The molecule has 1 N–H and O–H groups in total. The number of allylic oxidation sites excluding steroid dienone is 1. The summed E-state index contributed by atoms with van der Waals surface area (Å²) < 4.78 is 0. The largest absolute Gasteiger partial charge is 0.390 e. The normalized spacial score (nSPS) is 37.6. The second kappa shape index (κ2) is 4.29. The lowest BCUT2D eigenvalue weighted by molar-refractivity contribution is 0.00688. The summed E-state index contributed by atoms with van der Waals surface area (Å²) in [4.78, 5) is 0. The quantitative estimate of drug-likeness (QED) is 0.649. The van der Waals surface area contributed by atoms with Crippen LogP contribution in [0.4, 0.5) is 0 Å². The minimum atomic E-state index is -0.339. The minimum absolute atomic E-state index is 0.339. The molecule has 0 heterocycles. The van der Waals surface area contributed by atoms with Crippen LogP contribution in [0.5, 0.6) is 0 Å². The third-order valence-corrected chi connectivity index (χ3v) is 4.15. The predicted molar refractivity (Wildman–Crippen MR) is 63.7 cm³/mol. The van der Waals surface area contributed by atoms with Crippen LogP contribution in [0.3, 0.4) is 0 Å². The van der Waals surface area contributed by atoms with Crippen LogP contribution < -0.4 is 0 Å². The van der Waals surface area contributed by atoms with Crippen LogP contribution in [-0.2, 0) is 0 Å². The van der Waals surface area contributed by atoms with E-state index < -0.39 is 0 Å². The maximum Gasteiger partial charge on any atom is 0.0685 e. The van der Waals surface area contributed by atoms with Crippen LogP contribution >= 0.6 is 0 Å². The molecule has 2 aliphatic rings. The molecular weight excluding hydrogens is 184 g/mol. The minimum Gasteiger partial charge on any atom is -0.390 e. The van der Waals surface area contributed by atoms with Gasteiger partial charge in [0.15, 0.2) is 0 Å². The Morgan fingerprint density at radius 2 is 1.80 bits per heavy atom. The highest BCUT2D eigenvalue weighted by Gasteiger charge is 2.33. The van der Waals surface area contributed by atoms with Gasteiger partial charge in [0.1, 0.15) is 0 Å². The van der Waals surface area contributed by atoms with Crippen molar-refractivity contribution in [2.75, 3.05) is 0 Å². The summed E-state index contributed by atoms with van der Waals surface area (Å²) in [5.41, 5.74) is 2.92. The second-order valence-electron chi connectivity index (χ2n) is 5.75. The first-order valence-electron chi connectivity index (χ1n) is 6.54. The van der Waals surface area contributed by atoms with E-state index in [1.54, 1.807) is 11.1 Å². The molecule has 86 valence electrons. The van der Waals surface area contributed by atoms with Crippen LogP contribution in [0.2, 0.25) is 0 Å². The predicted octanol–water partition coefficient (Wildman–Crippen LogP) is 3.82. The van der Waals surface area contributed by atoms with E-state index in [0.717, 1.165) is 19.3 Å². The molecule has 1 atom stereocenters. The Kier molecular flexibility index (Phi) is 3.20. The maximum absolute atomic E-state index is 10.5. The van der Waals surface area contributed by atoms with Gasteiger partial charge in [0.05, 0.1) is 5.60 Å². The first kappa shape index (κ1) is 11.2. The lowest BCUT2D eigenvalue weighted by atomic mass is 9.73. The van der Waals surface area contributed by atoms with Gasteiger partial charge in [-0.15, -0.1) is 0 Å². The van der Waals surface area contributed by atoms with E-state index in [1.165, 1.54) is 32.1 Å².